The number of esters is 2. The van der Waals surface area contributed by atoms with Gasteiger partial charge in [0.1, 0.15) is 36.8 Å². The Morgan fingerprint density at radius 1 is 0.981 bits per heavy atom. The summed E-state index contributed by atoms with van der Waals surface area (Å²) < 4.78 is 51.3. The quantitative estimate of drug-likeness (QED) is 0.0519. The molecule has 290 valence electrons. The number of phosphoric acid groups is 1. The predicted molar refractivity (Wildman–Crippen MR) is 182 cm³/mol. The molecule has 4 rings (SSSR count). The first kappa shape index (κ1) is 41.6. The molecule has 2 aromatic carbocycles. The third-order valence-corrected chi connectivity index (χ3v) is 9.13. The summed E-state index contributed by atoms with van der Waals surface area (Å²) in [5, 5.41) is 31.3. The fraction of sp³-hybridized carbons (Fsp3) is 0.588. The van der Waals surface area contributed by atoms with E-state index in [1.807, 2.05) is 0 Å². The van der Waals surface area contributed by atoms with Crippen LogP contribution in [-0.4, -0.2) is 112 Å². The fourth-order valence-corrected chi connectivity index (χ4v) is 6.32. The van der Waals surface area contributed by atoms with Crippen molar-refractivity contribution in [2.75, 3.05) is 18.9 Å². The van der Waals surface area contributed by atoms with E-state index in [1.165, 1.54) is 12.1 Å². The highest BCUT2D eigenvalue weighted by molar-refractivity contribution is 7.46. The Balaban J connectivity index is 1.44. The lowest BCUT2D eigenvalue weighted by Crippen LogP contribution is -2.62. The van der Waals surface area contributed by atoms with E-state index in [9.17, 15) is 39.3 Å². The maximum Gasteiger partial charge on any atom is 0.470 e. The molecule has 0 radical (unpaired) electrons. The van der Waals surface area contributed by atoms with Crippen molar-refractivity contribution in [3.05, 3.63) is 59.7 Å². The second kappa shape index (κ2) is 19.2. The molecule has 2 aliphatic heterocycles. The molecule has 2 aliphatic rings. The Labute approximate surface area is 301 Å². The Bertz CT molecular complexity index is 1490. The van der Waals surface area contributed by atoms with Crippen molar-refractivity contribution in [3.63, 3.8) is 0 Å². The van der Waals surface area contributed by atoms with Crippen molar-refractivity contribution in [1.82, 2.24) is 0 Å². The van der Waals surface area contributed by atoms with Crippen LogP contribution in [0.3, 0.4) is 0 Å². The molecule has 0 spiro atoms. The van der Waals surface area contributed by atoms with Gasteiger partial charge >= 0.3 is 19.8 Å². The molecule has 9 N–H and O–H groups in total. The van der Waals surface area contributed by atoms with Crippen molar-refractivity contribution >= 4 is 25.4 Å². The number of aliphatic hydroxyl groups excluding tert-OH is 3. The Morgan fingerprint density at radius 3 is 2.37 bits per heavy atom. The largest absolute Gasteiger partial charge is 0.470 e. The molecule has 0 bridgehead atoms. The van der Waals surface area contributed by atoms with E-state index < -0.39 is 81.7 Å². The topological polar surface area (TPSA) is 269 Å². The van der Waals surface area contributed by atoms with Gasteiger partial charge in [-0.3, -0.25) is 9.32 Å². The standard InChI is InChI=1S/C34H49N2O15P/c1-19(46-33-26(38)17-25(37)20(2)47-33)7-3-6-10-28(39)50-31-30(51-52(42,43)44)29(40)27(18-45-32(41)23-8-4-5-9-24(23)36)49-34(31)48-22-13-11-21(12-14-22)15-16-35/h4-5,8-9,11-14,19-20,25-27,29-31,33-34,37-38,40H,3,6-7,10,15-18,35-36H2,1-2H3,(H2,42,43,44). The van der Waals surface area contributed by atoms with Gasteiger partial charge in [0.05, 0.1) is 23.9 Å². The highest BCUT2D eigenvalue weighted by Crippen LogP contribution is 2.42. The lowest BCUT2D eigenvalue weighted by molar-refractivity contribution is -0.279. The van der Waals surface area contributed by atoms with Gasteiger partial charge in [0.2, 0.25) is 6.29 Å². The number of anilines is 1. The molecule has 2 aromatic rings. The maximum atomic E-state index is 13.1. The fourth-order valence-electron chi connectivity index (χ4n) is 5.76. The van der Waals surface area contributed by atoms with Crippen LogP contribution in [0.25, 0.3) is 0 Å². The molecule has 0 aromatic heterocycles. The molecule has 2 heterocycles. The predicted octanol–water partition coefficient (Wildman–Crippen LogP) is 1.30. The van der Waals surface area contributed by atoms with Gasteiger partial charge in [-0.15, -0.1) is 0 Å². The third-order valence-electron chi connectivity index (χ3n) is 8.61. The van der Waals surface area contributed by atoms with Crippen molar-refractivity contribution in [1.29, 1.82) is 0 Å². The van der Waals surface area contributed by atoms with Crippen LogP contribution in [0, 0.1) is 0 Å². The Hall–Kier alpha value is -3.19. The molecular weight excluding hydrogens is 707 g/mol. The molecule has 0 aliphatic carbocycles. The van der Waals surface area contributed by atoms with Crippen LogP contribution in [0.1, 0.15) is 61.9 Å². The van der Waals surface area contributed by atoms with Gasteiger partial charge in [-0.05, 0) is 69.5 Å². The molecule has 18 heteroatoms. The highest BCUT2D eigenvalue weighted by Gasteiger charge is 2.52. The number of nitrogen functional groups attached to an aromatic ring is 1. The summed E-state index contributed by atoms with van der Waals surface area (Å²) in [6.45, 7) is 3.25. The summed E-state index contributed by atoms with van der Waals surface area (Å²) in [6, 6.07) is 12.8. The minimum atomic E-state index is -5.31. The molecule has 2 saturated heterocycles. The van der Waals surface area contributed by atoms with Gasteiger partial charge in [-0.2, -0.15) is 0 Å². The van der Waals surface area contributed by atoms with E-state index in [1.54, 1.807) is 50.2 Å². The van der Waals surface area contributed by atoms with Crippen molar-refractivity contribution in [3.8, 4) is 5.75 Å². The van der Waals surface area contributed by atoms with Crippen LogP contribution in [0.4, 0.5) is 5.69 Å². The number of ether oxygens (including phenoxy) is 6. The molecule has 2 fully saturated rings. The number of nitrogens with two attached hydrogens (primary N) is 2. The van der Waals surface area contributed by atoms with Crippen molar-refractivity contribution in [2.45, 2.75) is 114 Å². The normalized spacial score (nSPS) is 28.5. The Morgan fingerprint density at radius 2 is 1.69 bits per heavy atom. The summed E-state index contributed by atoms with van der Waals surface area (Å²) in [4.78, 5) is 45.4. The highest BCUT2D eigenvalue weighted by atomic mass is 31.2. The lowest BCUT2D eigenvalue weighted by Gasteiger charge is -2.43. The van der Waals surface area contributed by atoms with Gasteiger partial charge in [0.25, 0.3) is 0 Å². The number of hydrogen-bond donors (Lipinski definition) is 7. The number of hydrogen-bond acceptors (Lipinski definition) is 15. The van der Waals surface area contributed by atoms with E-state index in [2.05, 4.69) is 0 Å². The zero-order chi connectivity index (χ0) is 38.0. The number of unbranched alkanes of at least 4 members (excludes halogenated alkanes) is 1. The van der Waals surface area contributed by atoms with E-state index in [4.69, 9.17) is 44.4 Å². The molecular formula is C34H49N2O15P. The van der Waals surface area contributed by atoms with Gasteiger partial charge in [0.15, 0.2) is 12.4 Å². The van der Waals surface area contributed by atoms with Crippen LogP contribution >= 0.6 is 7.82 Å². The van der Waals surface area contributed by atoms with E-state index >= 15 is 0 Å². The first-order chi connectivity index (χ1) is 24.6. The minimum absolute atomic E-state index is 0.0447. The van der Waals surface area contributed by atoms with Crippen LogP contribution < -0.4 is 16.2 Å². The number of benzene rings is 2. The van der Waals surface area contributed by atoms with E-state index in [0.717, 1.165) is 5.56 Å². The number of phosphoric ester groups is 1. The third kappa shape index (κ3) is 12.2. The summed E-state index contributed by atoms with van der Waals surface area (Å²) in [5.41, 5.74) is 12.6. The lowest BCUT2D eigenvalue weighted by atomic mass is 9.99. The van der Waals surface area contributed by atoms with Crippen LogP contribution in [0.15, 0.2) is 48.5 Å². The summed E-state index contributed by atoms with van der Waals surface area (Å²) >= 11 is 0. The monoisotopic (exact) mass is 756 g/mol. The van der Waals surface area contributed by atoms with Crippen molar-refractivity contribution in [2.24, 2.45) is 5.73 Å². The SMILES string of the molecule is CC(CCCCC(=O)OC1C(Oc2ccc(CCN)cc2)OC(COC(=O)c2ccccc2N)C(O)C1OP(=O)(O)O)OC1OC(C)C(O)CC1O. The second-order valence-electron chi connectivity index (χ2n) is 12.8. The van der Waals surface area contributed by atoms with Gasteiger partial charge in [-0.25, -0.2) is 9.36 Å². The Kier molecular flexibility index (Phi) is 15.4. The number of carbonyl (C=O) groups excluding carboxylic acids is 2. The zero-order valence-corrected chi connectivity index (χ0v) is 29.9. The van der Waals surface area contributed by atoms with E-state index in [0.29, 0.717) is 32.2 Å². The van der Waals surface area contributed by atoms with Gasteiger partial charge in [0, 0.05) is 18.5 Å². The number of rotatable bonds is 17. The molecule has 0 amide bonds. The van der Waals surface area contributed by atoms with Gasteiger partial charge < -0.3 is 65.0 Å². The van der Waals surface area contributed by atoms with E-state index in [-0.39, 0.29) is 35.9 Å². The number of carbonyl (C=O) groups is 2. The summed E-state index contributed by atoms with van der Waals surface area (Å²) in [6.07, 6.45) is -10.2. The van der Waals surface area contributed by atoms with Gasteiger partial charge in [-0.1, -0.05) is 30.7 Å². The first-order valence-electron chi connectivity index (χ1n) is 17.1. The number of aliphatic hydroxyl groups is 3. The second-order valence-corrected chi connectivity index (χ2v) is 14.0. The van der Waals surface area contributed by atoms with Crippen LogP contribution in [0.2, 0.25) is 0 Å². The summed E-state index contributed by atoms with van der Waals surface area (Å²) in [5.74, 6) is -1.44. The summed E-state index contributed by atoms with van der Waals surface area (Å²) in [7, 11) is -5.31. The average Bonchev–Trinajstić information content (AvgIpc) is 3.08. The molecule has 10 atom stereocenters. The molecule has 10 unspecified atom stereocenters. The average molecular weight is 757 g/mol. The molecule has 52 heavy (non-hydrogen) atoms. The first-order valence-corrected chi connectivity index (χ1v) is 18.6. The number of para-hydroxylation sites is 1. The molecule has 17 nitrogen and oxygen atoms in total. The van der Waals surface area contributed by atoms with Crippen LogP contribution in [0.5, 0.6) is 5.75 Å². The van der Waals surface area contributed by atoms with Crippen LogP contribution in [-0.2, 0) is 44.0 Å². The minimum Gasteiger partial charge on any atom is -0.461 e. The zero-order valence-electron chi connectivity index (χ0n) is 29.0. The maximum absolute atomic E-state index is 13.1. The molecule has 0 saturated carbocycles. The smallest absolute Gasteiger partial charge is 0.461 e. The van der Waals surface area contributed by atoms with Crippen molar-refractivity contribution < 1.29 is 72.2 Å².